The van der Waals surface area contributed by atoms with E-state index in [2.05, 4.69) is 20.3 Å². The number of hydrogen-bond donors (Lipinski definition) is 3. The Morgan fingerprint density at radius 3 is 2.55 bits per heavy atom. The van der Waals surface area contributed by atoms with E-state index in [-0.39, 0.29) is 17.3 Å². The van der Waals surface area contributed by atoms with Gasteiger partial charge in [0.25, 0.3) is 0 Å². The smallest absolute Gasteiger partial charge is 0.244 e. The quantitative estimate of drug-likeness (QED) is 0.695. The van der Waals surface area contributed by atoms with Crippen LogP contribution in [0, 0.1) is 5.41 Å². The highest BCUT2D eigenvalue weighted by molar-refractivity contribution is 7.89. The van der Waals surface area contributed by atoms with Crippen LogP contribution in [0.3, 0.4) is 0 Å². The molecule has 7 nitrogen and oxygen atoms in total. The molecule has 0 aliphatic carbocycles. The number of nitrogens with zero attached hydrogens (tertiary/aromatic N) is 1. The summed E-state index contributed by atoms with van der Waals surface area (Å²) in [6.45, 7) is 3.32. The molecule has 8 heteroatoms. The number of amides is 1. The fourth-order valence-electron chi connectivity index (χ4n) is 1.57. The standard InChI is InChI=1S/C12H20N4O3S/c1-12(2,11(17)14-4)8-16-20(18,19)10-7-15-6-5-9(10)13-3/h5-7,16H,8H2,1-4H3,(H,13,15)(H,14,17). The second kappa shape index (κ2) is 6.19. The van der Waals surface area contributed by atoms with Crippen molar-refractivity contribution in [3.8, 4) is 0 Å². The summed E-state index contributed by atoms with van der Waals surface area (Å²) < 4.78 is 26.9. The van der Waals surface area contributed by atoms with E-state index in [0.29, 0.717) is 5.69 Å². The number of rotatable bonds is 6. The number of hydrogen-bond acceptors (Lipinski definition) is 5. The van der Waals surface area contributed by atoms with E-state index < -0.39 is 15.4 Å². The number of carbonyl (C=O) groups excluding carboxylic acids is 1. The van der Waals surface area contributed by atoms with E-state index in [1.54, 1.807) is 27.0 Å². The Bertz CT molecular complexity index is 584. The van der Waals surface area contributed by atoms with Crippen LogP contribution in [0.25, 0.3) is 0 Å². The molecule has 1 amide bonds. The van der Waals surface area contributed by atoms with Crippen LogP contribution in [0.15, 0.2) is 23.4 Å². The molecule has 0 unspecified atom stereocenters. The third-order valence-corrected chi connectivity index (χ3v) is 4.32. The molecule has 0 atom stereocenters. The van der Waals surface area contributed by atoms with E-state index in [9.17, 15) is 13.2 Å². The number of aromatic nitrogens is 1. The van der Waals surface area contributed by atoms with E-state index in [4.69, 9.17) is 0 Å². The van der Waals surface area contributed by atoms with Crippen LogP contribution in [0.5, 0.6) is 0 Å². The molecule has 1 aromatic heterocycles. The summed E-state index contributed by atoms with van der Waals surface area (Å²) in [7, 11) is -0.592. The highest BCUT2D eigenvalue weighted by atomic mass is 32.2. The van der Waals surface area contributed by atoms with Gasteiger partial charge in [0.1, 0.15) is 4.90 Å². The van der Waals surface area contributed by atoms with Crippen molar-refractivity contribution in [3.05, 3.63) is 18.5 Å². The van der Waals surface area contributed by atoms with Gasteiger partial charge in [-0.2, -0.15) is 0 Å². The molecule has 1 rings (SSSR count). The maximum atomic E-state index is 12.2. The average molecular weight is 300 g/mol. The summed E-state index contributed by atoms with van der Waals surface area (Å²) in [4.78, 5) is 15.5. The van der Waals surface area contributed by atoms with Gasteiger partial charge in [0.2, 0.25) is 15.9 Å². The van der Waals surface area contributed by atoms with Crippen molar-refractivity contribution in [2.45, 2.75) is 18.7 Å². The van der Waals surface area contributed by atoms with Gasteiger partial charge in [-0.15, -0.1) is 0 Å². The maximum absolute atomic E-state index is 12.2. The van der Waals surface area contributed by atoms with Crippen LogP contribution in [-0.4, -0.2) is 39.9 Å². The Morgan fingerprint density at radius 2 is 2.00 bits per heavy atom. The maximum Gasteiger partial charge on any atom is 0.244 e. The van der Waals surface area contributed by atoms with Gasteiger partial charge in [0.15, 0.2) is 0 Å². The summed E-state index contributed by atoms with van der Waals surface area (Å²) in [5, 5.41) is 5.30. The minimum atomic E-state index is -3.73. The molecule has 20 heavy (non-hydrogen) atoms. The zero-order valence-corrected chi connectivity index (χ0v) is 12.8. The first-order valence-corrected chi connectivity index (χ1v) is 7.56. The molecule has 0 aromatic carbocycles. The lowest BCUT2D eigenvalue weighted by atomic mass is 9.93. The molecule has 3 N–H and O–H groups in total. The van der Waals surface area contributed by atoms with Gasteiger partial charge in [-0.25, -0.2) is 13.1 Å². The predicted octanol–water partition coefficient (Wildman–Crippen LogP) is 0.174. The first kappa shape index (κ1) is 16.4. The Hall–Kier alpha value is -1.67. The van der Waals surface area contributed by atoms with E-state index in [1.807, 2.05) is 0 Å². The average Bonchev–Trinajstić information content (AvgIpc) is 2.44. The number of pyridine rings is 1. The molecule has 0 bridgehead atoms. The summed E-state index contributed by atoms with van der Waals surface area (Å²) in [6.07, 6.45) is 2.76. The summed E-state index contributed by atoms with van der Waals surface area (Å²) >= 11 is 0. The van der Waals surface area contributed by atoms with Crippen LogP contribution in [0.1, 0.15) is 13.8 Å². The molecule has 112 valence electrons. The number of carbonyl (C=O) groups is 1. The zero-order valence-electron chi connectivity index (χ0n) is 12.0. The summed E-state index contributed by atoms with van der Waals surface area (Å²) in [6, 6.07) is 1.57. The van der Waals surface area contributed by atoms with Gasteiger partial charge in [-0.3, -0.25) is 9.78 Å². The summed E-state index contributed by atoms with van der Waals surface area (Å²) in [5.41, 5.74) is -0.394. The van der Waals surface area contributed by atoms with Crippen molar-refractivity contribution in [2.75, 3.05) is 26.0 Å². The van der Waals surface area contributed by atoms with Gasteiger partial charge in [-0.1, -0.05) is 0 Å². The monoisotopic (exact) mass is 300 g/mol. The number of anilines is 1. The van der Waals surface area contributed by atoms with Gasteiger partial charge in [-0.05, 0) is 19.9 Å². The molecule has 0 saturated carbocycles. The highest BCUT2D eigenvalue weighted by Gasteiger charge is 2.29. The second-order valence-corrected chi connectivity index (χ2v) is 6.64. The zero-order chi connectivity index (χ0) is 15.4. The molecule has 1 heterocycles. The predicted molar refractivity (Wildman–Crippen MR) is 76.8 cm³/mol. The van der Waals surface area contributed by atoms with Crippen molar-refractivity contribution in [1.82, 2.24) is 15.0 Å². The van der Waals surface area contributed by atoms with Gasteiger partial charge in [0.05, 0.1) is 11.1 Å². The lowest BCUT2D eigenvalue weighted by molar-refractivity contribution is -0.128. The van der Waals surface area contributed by atoms with Crippen LogP contribution in [0.4, 0.5) is 5.69 Å². The number of sulfonamides is 1. The van der Waals surface area contributed by atoms with Crippen molar-refractivity contribution in [3.63, 3.8) is 0 Å². The highest BCUT2D eigenvalue weighted by Crippen LogP contribution is 2.20. The lowest BCUT2D eigenvalue weighted by Gasteiger charge is -2.23. The third-order valence-electron chi connectivity index (χ3n) is 2.89. The molecule has 0 aliphatic heterocycles. The molecular formula is C12H20N4O3S. The minimum Gasteiger partial charge on any atom is -0.387 e. The van der Waals surface area contributed by atoms with Crippen molar-refractivity contribution >= 4 is 21.6 Å². The Kier molecular flexibility index (Phi) is 5.07. The fraction of sp³-hybridized carbons (Fsp3) is 0.500. The molecule has 0 fully saturated rings. The van der Waals surface area contributed by atoms with Gasteiger partial charge >= 0.3 is 0 Å². The van der Waals surface area contributed by atoms with Gasteiger partial charge < -0.3 is 10.6 Å². The van der Waals surface area contributed by atoms with E-state index in [1.165, 1.54) is 19.4 Å². The Balaban J connectivity index is 2.94. The first-order valence-electron chi connectivity index (χ1n) is 6.08. The van der Waals surface area contributed by atoms with Crippen LogP contribution in [0.2, 0.25) is 0 Å². The molecular weight excluding hydrogens is 280 g/mol. The minimum absolute atomic E-state index is 0.00689. The SMILES string of the molecule is CNC(=O)C(C)(C)CNS(=O)(=O)c1cnccc1NC. The topological polar surface area (TPSA) is 100 Å². The van der Waals surface area contributed by atoms with Crippen molar-refractivity contribution < 1.29 is 13.2 Å². The Labute approximate surface area is 119 Å². The Morgan fingerprint density at radius 1 is 1.35 bits per heavy atom. The van der Waals surface area contributed by atoms with Crippen LogP contribution in [-0.2, 0) is 14.8 Å². The fourth-order valence-corrected chi connectivity index (χ4v) is 2.94. The van der Waals surface area contributed by atoms with Crippen LogP contribution >= 0.6 is 0 Å². The van der Waals surface area contributed by atoms with Crippen LogP contribution < -0.4 is 15.4 Å². The van der Waals surface area contributed by atoms with Crippen molar-refractivity contribution in [1.29, 1.82) is 0 Å². The van der Waals surface area contributed by atoms with E-state index >= 15 is 0 Å². The molecule has 0 saturated heterocycles. The van der Waals surface area contributed by atoms with Gasteiger partial charge in [0, 0.05) is 33.0 Å². The lowest BCUT2D eigenvalue weighted by Crippen LogP contribution is -2.43. The second-order valence-electron chi connectivity index (χ2n) is 4.91. The largest absolute Gasteiger partial charge is 0.387 e. The van der Waals surface area contributed by atoms with Crippen molar-refractivity contribution in [2.24, 2.45) is 5.41 Å². The third kappa shape index (κ3) is 3.67. The summed E-state index contributed by atoms with van der Waals surface area (Å²) in [5.74, 6) is -0.236. The molecule has 0 spiro atoms. The molecule has 0 radical (unpaired) electrons. The number of nitrogens with one attached hydrogen (secondary N) is 3. The molecule has 1 aromatic rings. The van der Waals surface area contributed by atoms with E-state index in [0.717, 1.165) is 0 Å². The first-order chi connectivity index (χ1) is 9.24. The molecule has 0 aliphatic rings. The normalized spacial score (nSPS) is 12.0.